The maximum absolute atomic E-state index is 9.74. The Morgan fingerprint density at radius 1 is 1.38 bits per heavy atom. The molecule has 0 radical (unpaired) electrons. The van der Waals surface area contributed by atoms with Crippen LogP contribution in [0.2, 0.25) is 0 Å². The predicted molar refractivity (Wildman–Crippen MR) is 92.9 cm³/mol. The number of benzene rings is 1. The topological polar surface area (TPSA) is 88.3 Å². The van der Waals surface area contributed by atoms with Gasteiger partial charge in [-0.1, -0.05) is 6.07 Å². The maximum Gasteiger partial charge on any atom is 0.216 e. The summed E-state index contributed by atoms with van der Waals surface area (Å²) in [4.78, 5) is 4.25. The van der Waals surface area contributed by atoms with E-state index in [4.69, 9.17) is 17.0 Å². The van der Waals surface area contributed by atoms with Crippen LogP contribution < -0.4 is 4.74 Å². The summed E-state index contributed by atoms with van der Waals surface area (Å²) in [6, 6.07) is 10.5. The second kappa shape index (κ2) is 7.05. The van der Waals surface area contributed by atoms with Crippen molar-refractivity contribution in [2.24, 2.45) is 5.10 Å². The van der Waals surface area contributed by atoms with Crippen LogP contribution in [0.15, 0.2) is 47.7 Å². The Kier molecular flexibility index (Phi) is 4.66. The van der Waals surface area contributed by atoms with Gasteiger partial charge >= 0.3 is 0 Å². The maximum atomic E-state index is 9.74. The van der Waals surface area contributed by atoms with E-state index in [1.54, 1.807) is 30.6 Å². The van der Waals surface area contributed by atoms with Gasteiger partial charge in [-0.15, -0.1) is 0 Å². The Bertz CT molecular complexity index is 918. The number of aromatic hydroxyl groups is 1. The minimum absolute atomic E-state index is 0.0862. The van der Waals surface area contributed by atoms with Crippen molar-refractivity contribution in [2.75, 3.05) is 6.61 Å². The first-order valence-corrected chi connectivity index (χ1v) is 7.69. The highest BCUT2D eigenvalue weighted by Crippen LogP contribution is 2.26. The third-order valence-corrected chi connectivity index (χ3v) is 3.41. The molecule has 0 aliphatic carbocycles. The SMILES string of the molecule is CCOc1cc(/C=N\n2c(-c3ccccn3)n[nH]c2=S)ccc1O. The monoisotopic (exact) mass is 341 g/mol. The molecule has 2 aromatic heterocycles. The zero-order chi connectivity index (χ0) is 16.9. The molecule has 0 spiro atoms. The Labute approximate surface area is 143 Å². The number of aromatic nitrogens is 4. The molecule has 2 heterocycles. The van der Waals surface area contributed by atoms with Crippen LogP contribution in [0.4, 0.5) is 0 Å². The van der Waals surface area contributed by atoms with Gasteiger partial charge < -0.3 is 9.84 Å². The second-order valence-electron chi connectivity index (χ2n) is 4.78. The fourth-order valence-corrected chi connectivity index (χ4v) is 2.25. The molecule has 0 unspecified atom stereocenters. The molecule has 2 N–H and O–H groups in total. The summed E-state index contributed by atoms with van der Waals surface area (Å²) >= 11 is 5.22. The fraction of sp³-hybridized carbons (Fsp3) is 0.125. The number of phenolic OH excluding ortho intramolecular Hbond substituents is 1. The van der Waals surface area contributed by atoms with Crippen molar-refractivity contribution in [3.63, 3.8) is 0 Å². The molecule has 122 valence electrons. The van der Waals surface area contributed by atoms with Crippen LogP contribution in [-0.2, 0) is 0 Å². The van der Waals surface area contributed by atoms with Crippen molar-refractivity contribution in [1.82, 2.24) is 19.9 Å². The van der Waals surface area contributed by atoms with Crippen LogP contribution in [0, 0.1) is 4.77 Å². The highest BCUT2D eigenvalue weighted by Gasteiger charge is 2.09. The van der Waals surface area contributed by atoms with Crippen molar-refractivity contribution in [3.8, 4) is 23.0 Å². The molecule has 3 rings (SSSR count). The van der Waals surface area contributed by atoms with E-state index in [1.807, 2.05) is 25.1 Å². The molecule has 0 aliphatic rings. The lowest BCUT2D eigenvalue weighted by atomic mass is 10.2. The summed E-state index contributed by atoms with van der Waals surface area (Å²) < 4.78 is 7.21. The quantitative estimate of drug-likeness (QED) is 0.550. The lowest BCUT2D eigenvalue weighted by Crippen LogP contribution is -1.97. The van der Waals surface area contributed by atoms with Crippen molar-refractivity contribution in [3.05, 3.63) is 52.9 Å². The van der Waals surface area contributed by atoms with Gasteiger partial charge in [-0.3, -0.25) is 4.98 Å². The van der Waals surface area contributed by atoms with Crippen LogP contribution in [-0.4, -0.2) is 37.8 Å². The van der Waals surface area contributed by atoms with Gasteiger partial charge in [0.15, 0.2) is 11.5 Å². The highest BCUT2D eigenvalue weighted by molar-refractivity contribution is 7.71. The van der Waals surface area contributed by atoms with Crippen LogP contribution >= 0.6 is 12.2 Å². The first-order valence-electron chi connectivity index (χ1n) is 7.28. The number of hydrogen-bond donors (Lipinski definition) is 2. The Morgan fingerprint density at radius 2 is 2.25 bits per heavy atom. The molecule has 0 amide bonds. The smallest absolute Gasteiger partial charge is 0.216 e. The molecule has 7 nitrogen and oxygen atoms in total. The molecule has 3 aromatic rings. The van der Waals surface area contributed by atoms with E-state index >= 15 is 0 Å². The molecule has 0 aliphatic heterocycles. The molecule has 0 bridgehead atoms. The van der Waals surface area contributed by atoms with Gasteiger partial charge in [0.2, 0.25) is 10.6 Å². The number of pyridine rings is 1. The molecule has 0 saturated heterocycles. The van der Waals surface area contributed by atoms with E-state index in [-0.39, 0.29) is 5.75 Å². The van der Waals surface area contributed by atoms with Gasteiger partial charge in [0, 0.05) is 6.20 Å². The first kappa shape index (κ1) is 15.9. The first-order chi connectivity index (χ1) is 11.7. The summed E-state index contributed by atoms with van der Waals surface area (Å²) in [6.07, 6.45) is 3.29. The molecule has 8 heteroatoms. The van der Waals surface area contributed by atoms with E-state index in [0.717, 1.165) is 5.56 Å². The zero-order valence-electron chi connectivity index (χ0n) is 12.9. The fourth-order valence-electron chi connectivity index (χ4n) is 2.07. The Hall–Kier alpha value is -3.00. The highest BCUT2D eigenvalue weighted by atomic mass is 32.1. The summed E-state index contributed by atoms with van der Waals surface area (Å²) in [5.41, 5.74) is 1.41. The average Bonchev–Trinajstić information content (AvgIpc) is 2.97. The number of ether oxygens (including phenoxy) is 1. The van der Waals surface area contributed by atoms with Crippen molar-refractivity contribution in [2.45, 2.75) is 6.92 Å². The lowest BCUT2D eigenvalue weighted by Gasteiger charge is -2.06. The number of aromatic amines is 1. The average molecular weight is 341 g/mol. The van der Waals surface area contributed by atoms with Crippen LogP contribution in [0.5, 0.6) is 11.5 Å². The minimum Gasteiger partial charge on any atom is -0.504 e. The van der Waals surface area contributed by atoms with Crippen LogP contribution in [0.1, 0.15) is 12.5 Å². The van der Waals surface area contributed by atoms with Crippen molar-refractivity contribution >= 4 is 18.4 Å². The Morgan fingerprint density at radius 3 is 3.00 bits per heavy atom. The number of nitrogens with zero attached hydrogens (tertiary/aromatic N) is 4. The van der Waals surface area contributed by atoms with Crippen molar-refractivity contribution < 1.29 is 9.84 Å². The molecule has 24 heavy (non-hydrogen) atoms. The van der Waals surface area contributed by atoms with Gasteiger partial charge in [0.05, 0.1) is 12.8 Å². The van der Waals surface area contributed by atoms with Gasteiger partial charge in [-0.2, -0.15) is 14.9 Å². The van der Waals surface area contributed by atoms with Gasteiger partial charge in [0.25, 0.3) is 0 Å². The molecule has 0 atom stereocenters. The summed E-state index contributed by atoms with van der Waals surface area (Å²) in [7, 11) is 0. The van der Waals surface area contributed by atoms with Crippen molar-refractivity contribution in [1.29, 1.82) is 0 Å². The van der Waals surface area contributed by atoms with Gasteiger partial charge in [-0.05, 0) is 55.0 Å². The zero-order valence-corrected chi connectivity index (χ0v) is 13.7. The molecule has 0 fully saturated rings. The molecular formula is C16H15N5O2S. The summed E-state index contributed by atoms with van der Waals surface area (Å²) in [5, 5.41) is 21.0. The Balaban J connectivity index is 1.95. The number of nitrogens with one attached hydrogen (secondary N) is 1. The van der Waals surface area contributed by atoms with E-state index in [0.29, 0.717) is 28.6 Å². The van der Waals surface area contributed by atoms with E-state index < -0.39 is 0 Å². The molecule has 1 aromatic carbocycles. The van der Waals surface area contributed by atoms with E-state index in [9.17, 15) is 5.11 Å². The largest absolute Gasteiger partial charge is 0.504 e. The lowest BCUT2D eigenvalue weighted by molar-refractivity contribution is 0.318. The standard InChI is InChI=1S/C16H15N5O2S/c1-2-23-14-9-11(6-7-13(14)22)10-18-21-15(19-20-16(21)24)12-5-3-4-8-17-12/h3-10,22H,2H2,1H3,(H,20,24)/b18-10-. The number of phenols is 1. The van der Waals surface area contributed by atoms with Gasteiger partial charge in [0.1, 0.15) is 5.69 Å². The number of H-pyrrole nitrogens is 1. The van der Waals surface area contributed by atoms with Crippen LogP contribution in [0.3, 0.4) is 0 Å². The molecule has 0 saturated carbocycles. The van der Waals surface area contributed by atoms with E-state index in [2.05, 4.69) is 20.3 Å². The van der Waals surface area contributed by atoms with Gasteiger partial charge in [-0.25, -0.2) is 5.10 Å². The number of rotatable bonds is 5. The predicted octanol–water partition coefficient (Wildman–Crippen LogP) is 2.99. The normalized spacial score (nSPS) is 11.0. The number of hydrogen-bond acceptors (Lipinski definition) is 6. The second-order valence-corrected chi connectivity index (χ2v) is 5.17. The van der Waals surface area contributed by atoms with E-state index in [1.165, 1.54) is 4.68 Å². The summed E-state index contributed by atoms with van der Waals surface area (Å²) in [5.74, 6) is 1.01. The summed E-state index contributed by atoms with van der Waals surface area (Å²) in [6.45, 7) is 2.31. The minimum atomic E-state index is 0.0862. The third kappa shape index (κ3) is 3.33. The third-order valence-electron chi connectivity index (χ3n) is 3.15. The van der Waals surface area contributed by atoms with Crippen LogP contribution in [0.25, 0.3) is 11.5 Å². The molecular weight excluding hydrogens is 326 g/mol.